The van der Waals surface area contributed by atoms with Crippen LogP contribution in [0.25, 0.3) is 11.4 Å². The van der Waals surface area contributed by atoms with E-state index in [2.05, 4.69) is 57.1 Å². The normalized spacial score (nSPS) is 11.4. The molecule has 0 saturated heterocycles. The molecule has 2 aromatic heterocycles. The summed E-state index contributed by atoms with van der Waals surface area (Å²) in [5, 5.41) is 25.6. The number of nitrogens with zero attached hydrogens (tertiary/aromatic N) is 8. The average molecular weight is 437 g/mol. The molecule has 30 heavy (non-hydrogen) atoms. The average Bonchev–Trinajstić information content (AvgIpc) is 3.41. The van der Waals surface area contributed by atoms with E-state index in [1.165, 1.54) is 11.1 Å². The first-order chi connectivity index (χ1) is 14.7. The van der Waals surface area contributed by atoms with E-state index < -0.39 is 0 Å². The number of hydrogen-bond donors (Lipinski definition) is 0. The van der Waals surface area contributed by atoms with Crippen LogP contribution >= 0.6 is 23.5 Å². The van der Waals surface area contributed by atoms with Gasteiger partial charge in [0, 0.05) is 11.5 Å². The van der Waals surface area contributed by atoms with Crippen LogP contribution in [0.5, 0.6) is 0 Å². The summed E-state index contributed by atoms with van der Waals surface area (Å²) in [5.74, 6) is 1.55. The number of rotatable bonds is 8. The maximum atomic E-state index is 4.12. The van der Waals surface area contributed by atoms with Gasteiger partial charge in [-0.2, -0.15) is 9.36 Å². The van der Waals surface area contributed by atoms with Crippen molar-refractivity contribution in [3.63, 3.8) is 0 Å². The lowest BCUT2D eigenvalue weighted by Gasteiger charge is -2.04. The van der Waals surface area contributed by atoms with E-state index in [1.807, 2.05) is 48.5 Å². The minimum Gasteiger partial charge on any atom is -0.188 e. The van der Waals surface area contributed by atoms with E-state index in [0.717, 1.165) is 33.2 Å². The zero-order valence-corrected chi connectivity index (χ0v) is 18.2. The third kappa shape index (κ3) is 4.95. The van der Waals surface area contributed by atoms with Crippen LogP contribution in [0, 0.1) is 13.8 Å². The Bertz CT molecular complexity index is 1030. The minimum absolute atomic E-state index is 0.763. The van der Waals surface area contributed by atoms with Crippen LogP contribution in [0.1, 0.15) is 11.1 Å². The molecule has 0 radical (unpaired) electrons. The van der Waals surface area contributed by atoms with Crippen molar-refractivity contribution in [2.45, 2.75) is 24.2 Å². The van der Waals surface area contributed by atoms with Crippen LogP contribution in [0.15, 0.2) is 71.0 Å². The number of aryl methyl sites for hydroxylation is 2. The van der Waals surface area contributed by atoms with E-state index in [0.29, 0.717) is 0 Å². The van der Waals surface area contributed by atoms with E-state index in [4.69, 9.17) is 0 Å². The molecule has 152 valence electrons. The lowest BCUT2D eigenvalue weighted by molar-refractivity contribution is 0.756. The van der Waals surface area contributed by atoms with Crippen molar-refractivity contribution in [2.24, 2.45) is 0 Å². The van der Waals surface area contributed by atoms with Gasteiger partial charge in [-0.25, -0.2) is 0 Å². The van der Waals surface area contributed by atoms with Crippen molar-refractivity contribution < 1.29 is 0 Å². The van der Waals surface area contributed by atoms with E-state index in [-0.39, 0.29) is 0 Å². The molecular weight excluding hydrogens is 416 g/mol. The highest BCUT2D eigenvalue weighted by Gasteiger charge is 2.09. The SMILES string of the molecule is Cc1ccc(-n2nnnc2SC/C=C/CSc2nnnn2-c2ccc(C)cc2)cc1. The molecule has 8 nitrogen and oxygen atoms in total. The van der Waals surface area contributed by atoms with Crippen molar-refractivity contribution >= 4 is 23.5 Å². The van der Waals surface area contributed by atoms with Gasteiger partial charge >= 0.3 is 0 Å². The summed E-state index contributed by atoms with van der Waals surface area (Å²) in [6.07, 6.45) is 4.21. The van der Waals surface area contributed by atoms with Crippen molar-refractivity contribution in [2.75, 3.05) is 11.5 Å². The standard InChI is InChI=1S/C20H20N8S2/c1-15-5-9-17(10-6-15)27-19(21-23-25-27)29-13-3-4-14-30-20-22-24-26-28(20)18-11-7-16(2)8-12-18/h3-12H,13-14H2,1-2H3/b4-3+. The predicted octanol–water partition coefficient (Wildman–Crippen LogP) is 3.70. The molecule has 0 aliphatic rings. The third-order valence-electron chi connectivity index (χ3n) is 4.22. The van der Waals surface area contributed by atoms with Gasteiger partial charge < -0.3 is 0 Å². The van der Waals surface area contributed by atoms with Gasteiger partial charge in [-0.3, -0.25) is 0 Å². The molecule has 0 fully saturated rings. The first-order valence-corrected chi connectivity index (χ1v) is 11.3. The minimum atomic E-state index is 0.763. The third-order valence-corrected chi connectivity index (χ3v) is 5.97. The van der Waals surface area contributed by atoms with E-state index >= 15 is 0 Å². The van der Waals surface area contributed by atoms with Crippen LogP contribution in [-0.4, -0.2) is 51.9 Å². The molecule has 0 atom stereocenters. The molecule has 0 spiro atoms. The molecule has 2 aromatic carbocycles. The molecule has 10 heteroatoms. The second-order valence-electron chi connectivity index (χ2n) is 6.51. The summed E-state index contributed by atoms with van der Waals surface area (Å²) in [7, 11) is 0. The Morgan fingerprint density at radius 3 is 1.47 bits per heavy atom. The lowest BCUT2D eigenvalue weighted by Crippen LogP contribution is -1.99. The fourth-order valence-corrected chi connectivity index (χ4v) is 4.09. The first kappa shape index (κ1) is 20.3. The highest BCUT2D eigenvalue weighted by atomic mass is 32.2. The van der Waals surface area contributed by atoms with Gasteiger partial charge in [0.05, 0.1) is 11.4 Å². The number of benzene rings is 2. The topological polar surface area (TPSA) is 87.2 Å². The molecule has 0 bridgehead atoms. The Labute approximate surface area is 182 Å². The molecule has 0 unspecified atom stereocenters. The zero-order valence-electron chi connectivity index (χ0n) is 16.6. The van der Waals surface area contributed by atoms with Crippen molar-refractivity contribution in [3.8, 4) is 11.4 Å². The second-order valence-corrected chi connectivity index (χ2v) is 8.49. The number of tetrazole rings is 2. The lowest BCUT2D eigenvalue weighted by atomic mass is 10.2. The smallest absolute Gasteiger partial charge is 0.188 e. The van der Waals surface area contributed by atoms with Gasteiger partial charge in [-0.15, -0.1) is 10.2 Å². The molecule has 2 heterocycles. The molecule has 0 amide bonds. The summed E-state index contributed by atoms with van der Waals surface area (Å²) >= 11 is 3.17. The van der Waals surface area contributed by atoms with Gasteiger partial charge in [0.1, 0.15) is 0 Å². The van der Waals surface area contributed by atoms with Crippen molar-refractivity contribution in [1.82, 2.24) is 40.4 Å². The molecule has 4 aromatic rings. The van der Waals surface area contributed by atoms with Gasteiger partial charge in [0.15, 0.2) is 0 Å². The van der Waals surface area contributed by atoms with E-state index in [1.54, 1.807) is 32.9 Å². The van der Waals surface area contributed by atoms with Crippen LogP contribution in [-0.2, 0) is 0 Å². The van der Waals surface area contributed by atoms with Gasteiger partial charge in [-0.1, -0.05) is 71.1 Å². The summed E-state index contributed by atoms with van der Waals surface area (Å²) in [6, 6.07) is 16.3. The first-order valence-electron chi connectivity index (χ1n) is 9.32. The fraction of sp³-hybridized carbons (Fsp3) is 0.200. The second kappa shape index (κ2) is 9.68. The van der Waals surface area contributed by atoms with Gasteiger partial charge in [-0.05, 0) is 59.0 Å². The summed E-state index contributed by atoms with van der Waals surface area (Å²) < 4.78 is 3.50. The Kier molecular flexibility index (Phi) is 6.55. The Morgan fingerprint density at radius 2 is 1.07 bits per heavy atom. The predicted molar refractivity (Wildman–Crippen MR) is 118 cm³/mol. The Balaban J connectivity index is 1.29. The van der Waals surface area contributed by atoms with Crippen LogP contribution in [0.2, 0.25) is 0 Å². The maximum Gasteiger partial charge on any atom is 0.214 e. The molecule has 0 N–H and O–H groups in total. The maximum absolute atomic E-state index is 4.12. The molecule has 4 rings (SSSR count). The monoisotopic (exact) mass is 436 g/mol. The van der Waals surface area contributed by atoms with E-state index in [9.17, 15) is 0 Å². The summed E-state index contributed by atoms with van der Waals surface area (Å²) in [4.78, 5) is 0. The van der Waals surface area contributed by atoms with Crippen LogP contribution < -0.4 is 0 Å². The Hall–Kier alpha value is -2.98. The van der Waals surface area contributed by atoms with Gasteiger partial charge in [0.25, 0.3) is 0 Å². The summed E-state index contributed by atoms with van der Waals surface area (Å²) in [5.41, 5.74) is 4.32. The Morgan fingerprint density at radius 1 is 0.667 bits per heavy atom. The number of thioether (sulfide) groups is 2. The van der Waals surface area contributed by atoms with Crippen LogP contribution in [0.4, 0.5) is 0 Å². The van der Waals surface area contributed by atoms with Crippen molar-refractivity contribution in [3.05, 3.63) is 71.8 Å². The summed E-state index contributed by atoms with van der Waals surface area (Å²) in [6.45, 7) is 4.11. The molecule has 0 saturated carbocycles. The van der Waals surface area contributed by atoms with Crippen molar-refractivity contribution in [1.29, 1.82) is 0 Å². The largest absolute Gasteiger partial charge is 0.214 e. The number of aromatic nitrogens is 8. The zero-order chi connectivity index (χ0) is 20.8. The quantitative estimate of drug-likeness (QED) is 0.305. The van der Waals surface area contributed by atoms with Crippen LogP contribution in [0.3, 0.4) is 0 Å². The molecular formula is C20H20N8S2. The highest BCUT2D eigenvalue weighted by Crippen LogP contribution is 2.20. The van der Waals surface area contributed by atoms with Gasteiger partial charge in [0.2, 0.25) is 10.3 Å². The molecule has 0 aliphatic heterocycles. The highest BCUT2D eigenvalue weighted by molar-refractivity contribution is 7.99. The fourth-order valence-electron chi connectivity index (χ4n) is 2.62. The number of hydrogen-bond acceptors (Lipinski definition) is 8. The molecule has 0 aliphatic carbocycles.